The molecule has 0 saturated heterocycles. The van der Waals surface area contributed by atoms with Crippen LogP contribution in [-0.4, -0.2) is 23.2 Å². The summed E-state index contributed by atoms with van der Waals surface area (Å²) in [4.78, 5) is 33.5. The first-order chi connectivity index (χ1) is 20.4. The van der Waals surface area contributed by atoms with Crippen LogP contribution >= 0.6 is 0 Å². The molecule has 2 amide bonds. The maximum Gasteiger partial charge on any atom is 0.221 e. The number of benzene rings is 5. The van der Waals surface area contributed by atoms with Crippen molar-refractivity contribution < 1.29 is 9.59 Å². The summed E-state index contributed by atoms with van der Waals surface area (Å²) in [6.07, 6.45) is 0. The standard InChI is InChI=1S/C36H26N4O2/c1-21(41)37-25-15-17-29-27-7-3-5-9-31(27)35(33(29)19-25)39-23-11-13-24(14-12-23)40-36-32-10-6-4-8-28(32)30-18-16-26(20-34(30)36)38-22(2)42/h3-20H,1-2H3,(H,37,41)(H,38,42). The van der Waals surface area contributed by atoms with Gasteiger partial charge in [-0.15, -0.1) is 0 Å². The third-order valence-electron chi connectivity index (χ3n) is 7.47. The molecule has 0 fully saturated rings. The molecule has 0 aromatic heterocycles. The Hall–Kier alpha value is -5.62. The van der Waals surface area contributed by atoms with Gasteiger partial charge in [0, 0.05) is 47.5 Å². The Labute approximate surface area is 243 Å². The van der Waals surface area contributed by atoms with Gasteiger partial charge in [0.05, 0.1) is 22.8 Å². The first-order valence-corrected chi connectivity index (χ1v) is 13.8. The fourth-order valence-electron chi connectivity index (χ4n) is 5.75. The molecule has 42 heavy (non-hydrogen) atoms. The second kappa shape index (κ2) is 10.1. The fourth-order valence-corrected chi connectivity index (χ4v) is 5.75. The van der Waals surface area contributed by atoms with Crippen molar-refractivity contribution >= 4 is 46.0 Å². The monoisotopic (exact) mass is 546 g/mol. The molecule has 0 bridgehead atoms. The highest BCUT2D eigenvalue weighted by molar-refractivity contribution is 6.26. The first-order valence-electron chi connectivity index (χ1n) is 13.8. The van der Waals surface area contributed by atoms with Gasteiger partial charge in [0.2, 0.25) is 11.8 Å². The van der Waals surface area contributed by atoms with E-state index < -0.39 is 0 Å². The minimum absolute atomic E-state index is 0.111. The van der Waals surface area contributed by atoms with E-state index in [0.717, 1.165) is 78.7 Å². The van der Waals surface area contributed by atoms with Crippen molar-refractivity contribution in [3.63, 3.8) is 0 Å². The van der Waals surface area contributed by atoms with E-state index in [4.69, 9.17) is 9.98 Å². The molecule has 0 radical (unpaired) electrons. The molecule has 5 aromatic carbocycles. The van der Waals surface area contributed by atoms with Crippen molar-refractivity contribution in [1.29, 1.82) is 0 Å². The van der Waals surface area contributed by atoms with Gasteiger partial charge in [-0.1, -0.05) is 60.7 Å². The summed E-state index contributed by atoms with van der Waals surface area (Å²) in [5.41, 5.74) is 13.4. The van der Waals surface area contributed by atoms with E-state index in [1.165, 1.54) is 13.8 Å². The summed E-state index contributed by atoms with van der Waals surface area (Å²) in [5, 5.41) is 5.77. The third kappa shape index (κ3) is 4.49. The summed E-state index contributed by atoms with van der Waals surface area (Å²) in [6, 6.07) is 36.2. The lowest BCUT2D eigenvalue weighted by atomic mass is 10.1. The lowest BCUT2D eigenvalue weighted by Crippen LogP contribution is -2.06. The maximum atomic E-state index is 11.7. The van der Waals surface area contributed by atoms with E-state index in [2.05, 4.69) is 34.9 Å². The molecule has 0 aliphatic heterocycles. The van der Waals surface area contributed by atoms with Gasteiger partial charge in [-0.25, -0.2) is 9.98 Å². The van der Waals surface area contributed by atoms with E-state index in [1.807, 2.05) is 84.9 Å². The molecule has 2 aliphatic rings. The molecule has 0 atom stereocenters. The minimum atomic E-state index is -0.111. The lowest BCUT2D eigenvalue weighted by molar-refractivity contribution is -0.115. The largest absolute Gasteiger partial charge is 0.326 e. The Balaban J connectivity index is 1.27. The number of hydrogen-bond donors (Lipinski definition) is 2. The van der Waals surface area contributed by atoms with Gasteiger partial charge >= 0.3 is 0 Å². The van der Waals surface area contributed by atoms with Crippen LogP contribution in [0.3, 0.4) is 0 Å². The number of nitrogens with one attached hydrogen (secondary N) is 2. The van der Waals surface area contributed by atoms with Crippen molar-refractivity contribution in [3.8, 4) is 22.3 Å². The van der Waals surface area contributed by atoms with Crippen LogP contribution in [0.5, 0.6) is 0 Å². The van der Waals surface area contributed by atoms with Crippen molar-refractivity contribution in [3.05, 3.63) is 131 Å². The Morgan fingerprint density at radius 2 is 0.810 bits per heavy atom. The van der Waals surface area contributed by atoms with Crippen molar-refractivity contribution in [2.24, 2.45) is 9.98 Å². The van der Waals surface area contributed by atoms with Gasteiger partial charge in [-0.05, 0) is 70.8 Å². The number of anilines is 2. The molecule has 7 rings (SSSR count). The van der Waals surface area contributed by atoms with Crippen LogP contribution in [0.25, 0.3) is 22.3 Å². The molecule has 202 valence electrons. The number of amides is 2. The van der Waals surface area contributed by atoms with Gasteiger partial charge in [0.1, 0.15) is 0 Å². The summed E-state index contributed by atoms with van der Waals surface area (Å²) < 4.78 is 0. The fraction of sp³-hybridized carbons (Fsp3) is 0.0556. The second-order valence-corrected chi connectivity index (χ2v) is 10.4. The number of carbonyl (C=O) groups excluding carboxylic acids is 2. The zero-order valence-corrected chi connectivity index (χ0v) is 23.1. The number of hydrogen-bond acceptors (Lipinski definition) is 4. The van der Waals surface area contributed by atoms with Gasteiger partial charge in [0.25, 0.3) is 0 Å². The van der Waals surface area contributed by atoms with E-state index >= 15 is 0 Å². The normalized spacial score (nSPS) is 14.2. The van der Waals surface area contributed by atoms with Crippen molar-refractivity contribution in [2.45, 2.75) is 13.8 Å². The number of aliphatic imine (C=N–C) groups is 2. The third-order valence-corrected chi connectivity index (χ3v) is 7.47. The van der Waals surface area contributed by atoms with Crippen molar-refractivity contribution in [2.75, 3.05) is 10.6 Å². The molecule has 0 saturated carbocycles. The van der Waals surface area contributed by atoms with Crippen LogP contribution in [-0.2, 0) is 9.59 Å². The van der Waals surface area contributed by atoms with Crippen molar-refractivity contribution in [1.82, 2.24) is 0 Å². The predicted molar refractivity (Wildman–Crippen MR) is 169 cm³/mol. The Kier molecular flexibility index (Phi) is 6.09. The van der Waals surface area contributed by atoms with Gasteiger partial charge in [-0.3, -0.25) is 9.59 Å². The van der Waals surface area contributed by atoms with Gasteiger partial charge in [0.15, 0.2) is 0 Å². The Morgan fingerprint density at radius 1 is 0.452 bits per heavy atom. The average molecular weight is 547 g/mol. The first kappa shape index (κ1) is 25.4. The van der Waals surface area contributed by atoms with E-state index in [-0.39, 0.29) is 11.8 Å². The highest BCUT2D eigenvalue weighted by atomic mass is 16.2. The molecule has 0 spiro atoms. The highest BCUT2D eigenvalue weighted by Gasteiger charge is 2.26. The zero-order valence-electron chi connectivity index (χ0n) is 23.1. The Bertz CT molecular complexity index is 1840. The molecule has 2 N–H and O–H groups in total. The maximum absolute atomic E-state index is 11.7. The summed E-state index contributed by atoms with van der Waals surface area (Å²) in [7, 11) is 0. The number of nitrogens with zero attached hydrogens (tertiary/aromatic N) is 2. The highest BCUT2D eigenvalue weighted by Crippen LogP contribution is 2.41. The van der Waals surface area contributed by atoms with Crippen LogP contribution in [0.4, 0.5) is 22.7 Å². The number of carbonyl (C=O) groups is 2. The van der Waals surface area contributed by atoms with E-state index in [9.17, 15) is 9.59 Å². The second-order valence-electron chi connectivity index (χ2n) is 10.4. The zero-order chi connectivity index (χ0) is 28.8. The molecule has 5 aromatic rings. The number of fused-ring (bicyclic) bond motifs is 6. The smallest absolute Gasteiger partial charge is 0.221 e. The average Bonchev–Trinajstić information content (AvgIpc) is 3.45. The minimum Gasteiger partial charge on any atom is -0.326 e. The molecular weight excluding hydrogens is 520 g/mol. The summed E-state index contributed by atoms with van der Waals surface area (Å²) >= 11 is 0. The summed E-state index contributed by atoms with van der Waals surface area (Å²) in [5.74, 6) is -0.222. The van der Waals surface area contributed by atoms with Gasteiger partial charge in [-0.2, -0.15) is 0 Å². The van der Waals surface area contributed by atoms with Crippen LogP contribution < -0.4 is 10.6 Å². The lowest BCUT2D eigenvalue weighted by Gasteiger charge is -2.07. The van der Waals surface area contributed by atoms with E-state index in [1.54, 1.807) is 0 Å². The topological polar surface area (TPSA) is 82.9 Å². The molecular formula is C36H26N4O2. The SMILES string of the molecule is CC(=O)Nc1ccc2c(c1)C(=Nc1ccc(N=C3c4ccccc4-c4ccc(NC(C)=O)cc43)cc1)c1ccccc1-2. The van der Waals surface area contributed by atoms with Crippen LogP contribution in [0, 0.1) is 0 Å². The van der Waals surface area contributed by atoms with Crippen LogP contribution in [0.1, 0.15) is 36.1 Å². The number of rotatable bonds is 4. The molecule has 0 unspecified atom stereocenters. The molecule has 6 nitrogen and oxygen atoms in total. The van der Waals surface area contributed by atoms with Crippen LogP contribution in [0.15, 0.2) is 119 Å². The molecule has 6 heteroatoms. The van der Waals surface area contributed by atoms with Crippen LogP contribution in [0.2, 0.25) is 0 Å². The van der Waals surface area contributed by atoms with Gasteiger partial charge < -0.3 is 10.6 Å². The predicted octanol–water partition coefficient (Wildman–Crippen LogP) is 7.90. The molecule has 0 heterocycles. The quantitative estimate of drug-likeness (QED) is 0.235. The Morgan fingerprint density at radius 3 is 1.19 bits per heavy atom. The molecule has 2 aliphatic carbocycles. The van der Waals surface area contributed by atoms with E-state index in [0.29, 0.717) is 0 Å². The summed E-state index contributed by atoms with van der Waals surface area (Å²) in [6.45, 7) is 3.01.